The van der Waals surface area contributed by atoms with Crippen molar-refractivity contribution in [3.05, 3.63) is 81.5 Å². The molecule has 2 aromatic carbocycles. The predicted octanol–water partition coefficient (Wildman–Crippen LogP) is 5.03. The molecule has 3 aromatic rings. The summed E-state index contributed by atoms with van der Waals surface area (Å²) in [6, 6.07) is 17.4. The number of aromatic nitrogens is 2. The van der Waals surface area contributed by atoms with Gasteiger partial charge in [-0.25, -0.2) is 0 Å². The molecule has 0 saturated carbocycles. The zero-order valence-corrected chi connectivity index (χ0v) is 16.5. The summed E-state index contributed by atoms with van der Waals surface area (Å²) in [5.74, 6) is 0.713. The van der Waals surface area contributed by atoms with E-state index in [0.717, 1.165) is 26.9 Å². The number of hydrogen-bond acceptors (Lipinski definition) is 2. The van der Waals surface area contributed by atoms with Gasteiger partial charge in [0.05, 0.1) is 6.54 Å². The fourth-order valence-corrected chi connectivity index (χ4v) is 2.87. The molecule has 0 aliphatic heterocycles. The third-order valence-electron chi connectivity index (χ3n) is 3.83. The molecule has 2 N–H and O–H groups in total. The summed E-state index contributed by atoms with van der Waals surface area (Å²) in [5.41, 5.74) is 3.28. The van der Waals surface area contributed by atoms with Crippen molar-refractivity contribution in [3.63, 3.8) is 0 Å². The van der Waals surface area contributed by atoms with Crippen molar-refractivity contribution in [1.29, 1.82) is 0 Å². The van der Waals surface area contributed by atoms with E-state index in [9.17, 15) is 0 Å². The highest BCUT2D eigenvalue weighted by atomic mass is 35.5. The third-order valence-corrected chi connectivity index (χ3v) is 4.59. The van der Waals surface area contributed by atoms with Crippen LogP contribution in [0.1, 0.15) is 16.8 Å². The molecule has 4 nitrogen and oxygen atoms in total. The van der Waals surface area contributed by atoms with Crippen molar-refractivity contribution in [1.82, 2.24) is 15.1 Å². The Morgan fingerprint density at radius 2 is 1.58 bits per heavy atom. The van der Waals surface area contributed by atoms with E-state index in [1.165, 1.54) is 0 Å². The smallest absolute Gasteiger partial charge is 0.172 e. The highest BCUT2D eigenvalue weighted by Gasteiger charge is 2.07. The Morgan fingerprint density at radius 3 is 2.19 bits per heavy atom. The molecule has 0 fully saturated rings. The van der Waals surface area contributed by atoms with E-state index in [0.29, 0.717) is 24.0 Å². The van der Waals surface area contributed by atoms with Crippen LogP contribution in [0.25, 0.3) is 0 Å². The Balaban J connectivity index is 1.57. The van der Waals surface area contributed by atoms with Crippen molar-refractivity contribution in [2.24, 2.45) is 0 Å². The van der Waals surface area contributed by atoms with Gasteiger partial charge in [-0.1, -0.05) is 47.5 Å². The first kappa shape index (κ1) is 18.7. The minimum absolute atomic E-state index is 0.524. The van der Waals surface area contributed by atoms with Gasteiger partial charge < -0.3 is 10.6 Å². The molecule has 3 rings (SSSR count). The van der Waals surface area contributed by atoms with E-state index in [4.69, 9.17) is 35.4 Å². The fourth-order valence-electron chi connectivity index (χ4n) is 2.44. The first-order valence-electron chi connectivity index (χ1n) is 8.08. The van der Waals surface area contributed by atoms with E-state index < -0.39 is 0 Å². The Bertz CT molecular complexity index is 889. The van der Waals surface area contributed by atoms with Crippen LogP contribution >= 0.6 is 35.4 Å². The van der Waals surface area contributed by atoms with Gasteiger partial charge in [-0.05, 0) is 54.5 Å². The lowest BCUT2D eigenvalue weighted by Crippen LogP contribution is -2.28. The molecular formula is C19H18Cl2N4S. The van der Waals surface area contributed by atoms with Crippen LogP contribution in [-0.2, 0) is 13.1 Å². The van der Waals surface area contributed by atoms with E-state index in [2.05, 4.69) is 15.7 Å². The van der Waals surface area contributed by atoms with Crippen LogP contribution in [0.5, 0.6) is 0 Å². The van der Waals surface area contributed by atoms with Crippen LogP contribution in [0.15, 0.2) is 54.6 Å². The van der Waals surface area contributed by atoms with Crippen LogP contribution < -0.4 is 10.6 Å². The molecule has 7 heteroatoms. The fraction of sp³-hybridized carbons (Fsp3) is 0.158. The molecule has 0 spiro atoms. The van der Waals surface area contributed by atoms with Crippen LogP contribution in [0.4, 0.5) is 5.82 Å². The minimum atomic E-state index is 0.524. The summed E-state index contributed by atoms with van der Waals surface area (Å²) in [6.07, 6.45) is 0. The topological polar surface area (TPSA) is 41.9 Å². The van der Waals surface area contributed by atoms with E-state index in [1.54, 1.807) is 0 Å². The van der Waals surface area contributed by atoms with Gasteiger partial charge in [0.2, 0.25) is 0 Å². The van der Waals surface area contributed by atoms with Crippen molar-refractivity contribution in [3.8, 4) is 0 Å². The maximum atomic E-state index is 5.93. The number of hydrogen-bond donors (Lipinski definition) is 2. The van der Waals surface area contributed by atoms with Gasteiger partial charge in [-0.2, -0.15) is 5.10 Å². The van der Waals surface area contributed by atoms with Crippen molar-refractivity contribution in [2.75, 3.05) is 5.32 Å². The highest BCUT2D eigenvalue weighted by Crippen LogP contribution is 2.14. The molecule has 0 radical (unpaired) electrons. The second-order valence-corrected chi connectivity index (χ2v) is 7.17. The van der Waals surface area contributed by atoms with Gasteiger partial charge >= 0.3 is 0 Å². The molecule has 0 amide bonds. The molecule has 0 aliphatic carbocycles. The lowest BCUT2D eigenvalue weighted by Gasteiger charge is -2.09. The molecular weight excluding hydrogens is 387 g/mol. The summed E-state index contributed by atoms with van der Waals surface area (Å²) in [5, 5.41) is 12.8. The molecule has 1 aromatic heterocycles. The van der Waals surface area contributed by atoms with Crippen molar-refractivity contribution < 1.29 is 0 Å². The van der Waals surface area contributed by atoms with Crippen LogP contribution in [-0.4, -0.2) is 14.9 Å². The van der Waals surface area contributed by atoms with E-state index in [-0.39, 0.29) is 0 Å². The first-order chi connectivity index (χ1) is 12.5. The van der Waals surface area contributed by atoms with Crippen molar-refractivity contribution in [2.45, 2.75) is 20.0 Å². The number of rotatable bonds is 5. The van der Waals surface area contributed by atoms with Crippen LogP contribution in [0.3, 0.4) is 0 Å². The lowest BCUT2D eigenvalue weighted by atomic mass is 10.2. The summed E-state index contributed by atoms with van der Waals surface area (Å²) >= 11 is 17.2. The maximum Gasteiger partial charge on any atom is 0.172 e. The first-order valence-corrected chi connectivity index (χ1v) is 9.24. The molecule has 0 aliphatic rings. The van der Waals surface area contributed by atoms with Gasteiger partial charge in [0.1, 0.15) is 0 Å². The summed E-state index contributed by atoms with van der Waals surface area (Å²) in [6.45, 7) is 3.31. The second kappa shape index (κ2) is 8.54. The number of thiocarbonyl (C=S) groups is 1. The number of anilines is 1. The zero-order valence-electron chi connectivity index (χ0n) is 14.2. The summed E-state index contributed by atoms with van der Waals surface area (Å²) in [7, 11) is 0. The standard InChI is InChI=1S/C19H18Cl2N4S/c1-13-10-18(24-25(13)12-15-4-8-17(21)9-5-15)23-19(26)22-11-14-2-6-16(20)7-3-14/h2-10H,11-12H2,1H3,(H2,22,23,24,26). The Kier molecular flexibility index (Phi) is 6.14. The predicted molar refractivity (Wildman–Crippen MR) is 112 cm³/mol. The van der Waals surface area contributed by atoms with Crippen molar-refractivity contribution >= 4 is 46.4 Å². The Morgan fingerprint density at radius 1 is 1.00 bits per heavy atom. The summed E-state index contributed by atoms with van der Waals surface area (Å²) < 4.78 is 1.92. The molecule has 26 heavy (non-hydrogen) atoms. The average Bonchev–Trinajstić information content (AvgIpc) is 2.95. The molecule has 134 valence electrons. The van der Waals surface area contributed by atoms with Gasteiger partial charge in [0, 0.05) is 28.4 Å². The SMILES string of the molecule is Cc1cc(NC(=S)NCc2ccc(Cl)cc2)nn1Cc1ccc(Cl)cc1. The monoisotopic (exact) mass is 404 g/mol. The quantitative estimate of drug-likeness (QED) is 0.584. The third kappa shape index (κ3) is 5.21. The summed E-state index contributed by atoms with van der Waals surface area (Å²) in [4.78, 5) is 0. The van der Waals surface area contributed by atoms with Gasteiger partial charge in [0.15, 0.2) is 10.9 Å². The van der Waals surface area contributed by atoms with Gasteiger partial charge in [-0.3, -0.25) is 4.68 Å². The second-order valence-electron chi connectivity index (χ2n) is 5.89. The average molecular weight is 405 g/mol. The van der Waals surface area contributed by atoms with E-state index in [1.807, 2.05) is 66.2 Å². The Labute approximate surface area is 168 Å². The lowest BCUT2D eigenvalue weighted by molar-refractivity contribution is 0.668. The zero-order chi connectivity index (χ0) is 18.5. The normalized spacial score (nSPS) is 10.6. The molecule has 0 unspecified atom stereocenters. The molecule has 0 saturated heterocycles. The van der Waals surface area contributed by atoms with Crippen LogP contribution in [0, 0.1) is 6.92 Å². The van der Waals surface area contributed by atoms with Gasteiger partial charge in [0.25, 0.3) is 0 Å². The number of nitrogens with one attached hydrogen (secondary N) is 2. The number of benzene rings is 2. The maximum absolute atomic E-state index is 5.93. The molecule has 1 heterocycles. The number of halogens is 2. The van der Waals surface area contributed by atoms with Gasteiger partial charge in [-0.15, -0.1) is 0 Å². The highest BCUT2D eigenvalue weighted by molar-refractivity contribution is 7.80. The molecule has 0 atom stereocenters. The minimum Gasteiger partial charge on any atom is -0.358 e. The van der Waals surface area contributed by atoms with E-state index >= 15 is 0 Å². The number of nitrogens with zero attached hydrogens (tertiary/aromatic N) is 2. The Hall–Kier alpha value is -2.08. The van der Waals surface area contributed by atoms with Crippen LogP contribution in [0.2, 0.25) is 10.0 Å². The largest absolute Gasteiger partial charge is 0.358 e. The number of aryl methyl sites for hydroxylation is 1. The molecule has 0 bridgehead atoms.